The summed E-state index contributed by atoms with van der Waals surface area (Å²) in [4.78, 5) is 13.5. The van der Waals surface area contributed by atoms with Gasteiger partial charge in [-0.25, -0.2) is 0 Å². The first-order valence-electron chi connectivity index (χ1n) is 8.65. The van der Waals surface area contributed by atoms with Crippen LogP contribution in [0.25, 0.3) is 0 Å². The highest BCUT2D eigenvalue weighted by molar-refractivity contribution is 5.94. The van der Waals surface area contributed by atoms with Crippen LogP contribution in [0.3, 0.4) is 0 Å². The Morgan fingerprint density at radius 2 is 1.72 bits per heavy atom. The van der Waals surface area contributed by atoms with E-state index >= 15 is 0 Å². The number of benzene rings is 2. The van der Waals surface area contributed by atoms with Gasteiger partial charge >= 0.3 is 0 Å². The van der Waals surface area contributed by atoms with Crippen molar-refractivity contribution >= 4 is 5.78 Å². The Labute approximate surface area is 150 Å². The van der Waals surface area contributed by atoms with E-state index in [4.69, 9.17) is 4.74 Å². The van der Waals surface area contributed by atoms with Crippen LogP contribution in [0.2, 0.25) is 0 Å². The molecular formula is C21H27NO3. The lowest BCUT2D eigenvalue weighted by molar-refractivity contribution is 0.0543. The summed E-state index contributed by atoms with van der Waals surface area (Å²) in [5.74, 6) is 0.684. The number of nitrogens with zero attached hydrogens (tertiary/aromatic N) is 1. The Balaban J connectivity index is 1.86. The fraction of sp³-hybridized carbons (Fsp3) is 0.381. The zero-order chi connectivity index (χ0) is 18.2. The second-order valence-electron chi connectivity index (χ2n) is 6.55. The number of hydrogen-bond donors (Lipinski definition) is 1. The van der Waals surface area contributed by atoms with Crippen molar-refractivity contribution in [1.29, 1.82) is 0 Å². The Kier molecular flexibility index (Phi) is 7.16. The molecule has 1 atom stereocenters. The molecule has 0 spiro atoms. The van der Waals surface area contributed by atoms with Gasteiger partial charge in [0.15, 0.2) is 5.78 Å². The van der Waals surface area contributed by atoms with E-state index in [1.54, 1.807) is 24.3 Å². The molecule has 2 aromatic carbocycles. The van der Waals surface area contributed by atoms with Crippen LogP contribution in [0.4, 0.5) is 0 Å². The molecule has 0 radical (unpaired) electrons. The van der Waals surface area contributed by atoms with Crippen LogP contribution >= 0.6 is 0 Å². The number of aliphatic hydroxyl groups is 1. The molecule has 0 unspecified atom stereocenters. The summed E-state index contributed by atoms with van der Waals surface area (Å²) in [6.07, 6.45) is -0.585. The van der Waals surface area contributed by atoms with E-state index in [-0.39, 0.29) is 12.4 Å². The van der Waals surface area contributed by atoms with Gasteiger partial charge in [0, 0.05) is 24.7 Å². The van der Waals surface area contributed by atoms with Gasteiger partial charge in [0.05, 0.1) is 0 Å². The smallest absolute Gasteiger partial charge is 0.159 e. The van der Waals surface area contributed by atoms with Crippen molar-refractivity contribution in [2.45, 2.75) is 39.5 Å². The molecular weight excluding hydrogens is 314 g/mol. The van der Waals surface area contributed by atoms with Gasteiger partial charge in [-0.2, -0.15) is 0 Å². The van der Waals surface area contributed by atoms with E-state index in [1.165, 1.54) is 12.5 Å². The average molecular weight is 341 g/mol. The maximum atomic E-state index is 11.3. The molecule has 0 saturated carbocycles. The van der Waals surface area contributed by atoms with E-state index < -0.39 is 6.10 Å². The van der Waals surface area contributed by atoms with Gasteiger partial charge < -0.3 is 9.84 Å². The third-order valence-electron chi connectivity index (χ3n) is 4.11. The van der Waals surface area contributed by atoms with Crippen LogP contribution in [0.5, 0.6) is 5.75 Å². The minimum absolute atomic E-state index is 0.0278. The first-order chi connectivity index (χ1) is 12.0. The highest BCUT2D eigenvalue weighted by atomic mass is 16.5. The van der Waals surface area contributed by atoms with E-state index in [2.05, 4.69) is 30.9 Å². The van der Waals surface area contributed by atoms with Gasteiger partial charge in [0.2, 0.25) is 0 Å². The monoisotopic (exact) mass is 341 g/mol. The summed E-state index contributed by atoms with van der Waals surface area (Å²) in [5.41, 5.74) is 1.88. The molecule has 2 rings (SSSR count). The predicted octanol–water partition coefficient (Wildman–Crippen LogP) is 3.54. The van der Waals surface area contributed by atoms with Gasteiger partial charge in [0.1, 0.15) is 18.5 Å². The second-order valence-corrected chi connectivity index (χ2v) is 6.55. The van der Waals surface area contributed by atoms with Crippen molar-refractivity contribution in [2.75, 3.05) is 13.2 Å². The maximum absolute atomic E-state index is 11.3. The van der Waals surface area contributed by atoms with Crippen molar-refractivity contribution in [1.82, 2.24) is 4.90 Å². The standard InChI is InChI=1S/C21H27NO3/c1-16(2)22(13-18-7-5-4-6-8-18)14-20(24)15-25-21-11-9-19(10-12-21)17(3)23/h4-12,16,20,24H,13-15H2,1-3H3/t20-/m0/s1. The highest BCUT2D eigenvalue weighted by Gasteiger charge is 2.16. The number of carbonyl (C=O) groups is 1. The Hall–Kier alpha value is -2.17. The van der Waals surface area contributed by atoms with Gasteiger partial charge in [0.25, 0.3) is 0 Å². The molecule has 4 heteroatoms. The molecule has 0 aliphatic carbocycles. The molecule has 1 N–H and O–H groups in total. The second kappa shape index (κ2) is 9.35. The van der Waals surface area contributed by atoms with Crippen LogP contribution in [0.15, 0.2) is 54.6 Å². The number of hydrogen-bond acceptors (Lipinski definition) is 4. The Bertz CT molecular complexity index is 653. The lowest BCUT2D eigenvalue weighted by Gasteiger charge is -2.28. The molecule has 134 valence electrons. The maximum Gasteiger partial charge on any atom is 0.159 e. The van der Waals surface area contributed by atoms with Crippen LogP contribution < -0.4 is 4.74 Å². The molecule has 0 aliphatic rings. The summed E-state index contributed by atoms with van der Waals surface area (Å²) >= 11 is 0. The van der Waals surface area contributed by atoms with Crippen molar-refractivity contribution in [3.8, 4) is 5.75 Å². The minimum Gasteiger partial charge on any atom is -0.491 e. The number of ether oxygens (including phenoxy) is 1. The third-order valence-corrected chi connectivity index (χ3v) is 4.11. The fourth-order valence-corrected chi connectivity index (χ4v) is 2.58. The number of aliphatic hydroxyl groups excluding tert-OH is 1. The van der Waals surface area contributed by atoms with E-state index in [1.807, 2.05) is 18.2 Å². The van der Waals surface area contributed by atoms with Crippen LogP contribution in [0, 0.1) is 0 Å². The van der Waals surface area contributed by atoms with Crippen LogP contribution in [-0.2, 0) is 6.54 Å². The van der Waals surface area contributed by atoms with E-state index in [0.717, 1.165) is 6.54 Å². The van der Waals surface area contributed by atoms with Gasteiger partial charge in [-0.3, -0.25) is 9.69 Å². The first-order valence-corrected chi connectivity index (χ1v) is 8.65. The minimum atomic E-state index is -0.585. The normalized spacial score (nSPS) is 12.4. The molecule has 2 aromatic rings. The first kappa shape index (κ1) is 19.2. The highest BCUT2D eigenvalue weighted by Crippen LogP contribution is 2.14. The average Bonchev–Trinajstić information content (AvgIpc) is 2.60. The van der Waals surface area contributed by atoms with Gasteiger partial charge in [-0.05, 0) is 50.6 Å². The van der Waals surface area contributed by atoms with E-state index in [0.29, 0.717) is 23.9 Å². The molecule has 0 heterocycles. The Morgan fingerprint density at radius 1 is 1.08 bits per heavy atom. The molecule has 0 bridgehead atoms. The summed E-state index contributed by atoms with van der Waals surface area (Å²) in [6, 6.07) is 17.6. The number of rotatable bonds is 9. The lowest BCUT2D eigenvalue weighted by Crippen LogP contribution is -2.39. The van der Waals surface area contributed by atoms with Gasteiger partial charge in [-0.15, -0.1) is 0 Å². The van der Waals surface area contributed by atoms with Gasteiger partial charge in [-0.1, -0.05) is 30.3 Å². The molecule has 0 aliphatic heterocycles. The molecule has 0 saturated heterocycles. The number of ketones is 1. The summed E-state index contributed by atoms with van der Waals surface area (Å²) in [6.45, 7) is 7.33. The van der Waals surface area contributed by atoms with Crippen molar-refractivity contribution in [3.05, 3.63) is 65.7 Å². The van der Waals surface area contributed by atoms with Crippen molar-refractivity contribution in [2.24, 2.45) is 0 Å². The lowest BCUT2D eigenvalue weighted by atomic mass is 10.1. The van der Waals surface area contributed by atoms with Crippen LogP contribution in [-0.4, -0.2) is 41.1 Å². The molecule has 0 aromatic heterocycles. The largest absolute Gasteiger partial charge is 0.491 e. The Morgan fingerprint density at radius 3 is 2.28 bits per heavy atom. The summed E-state index contributed by atoms with van der Waals surface area (Å²) in [7, 11) is 0. The topological polar surface area (TPSA) is 49.8 Å². The SMILES string of the molecule is CC(=O)c1ccc(OC[C@@H](O)CN(Cc2ccccc2)C(C)C)cc1. The zero-order valence-corrected chi connectivity index (χ0v) is 15.2. The van der Waals surface area contributed by atoms with Crippen molar-refractivity contribution < 1.29 is 14.6 Å². The third kappa shape index (κ3) is 6.33. The molecule has 4 nitrogen and oxygen atoms in total. The zero-order valence-electron chi connectivity index (χ0n) is 15.2. The quantitative estimate of drug-likeness (QED) is 0.709. The number of Topliss-reactive ketones (excluding diaryl/α,β-unsaturated/α-hetero) is 1. The molecule has 0 fully saturated rings. The molecule has 25 heavy (non-hydrogen) atoms. The van der Waals surface area contributed by atoms with Crippen molar-refractivity contribution in [3.63, 3.8) is 0 Å². The predicted molar refractivity (Wildman–Crippen MR) is 99.9 cm³/mol. The summed E-state index contributed by atoms with van der Waals surface area (Å²) in [5, 5.41) is 10.3. The summed E-state index contributed by atoms with van der Waals surface area (Å²) < 4.78 is 5.65. The fourth-order valence-electron chi connectivity index (χ4n) is 2.58. The van der Waals surface area contributed by atoms with E-state index in [9.17, 15) is 9.90 Å². The van der Waals surface area contributed by atoms with Crippen LogP contribution in [0.1, 0.15) is 36.7 Å². The molecule has 0 amide bonds. The number of carbonyl (C=O) groups excluding carboxylic acids is 1.